The monoisotopic (exact) mass is 340 g/mol. The zero-order valence-corrected chi connectivity index (χ0v) is 14.8. The Balaban J connectivity index is 1.67. The predicted molar refractivity (Wildman–Crippen MR) is 99.4 cm³/mol. The highest BCUT2D eigenvalue weighted by Gasteiger charge is 2.18. The van der Waals surface area contributed by atoms with Gasteiger partial charge in [-0.2, -0.15) is 0 Å². The van der Waals surface area contributed by atoms with Gasteiger partial charge in [-0.3, -0.25) is 4.79 Å². The Morgan fingerprint density at radius 2 is 1.88 bits per heavy atom. The summed E-state index contributed by atoms with van der Waals surface area (Å²) in [5, 5.41) is 6.25. The van der Waals surface area contributed by atoms with E-state index in [0.717, 1.165) is 29.1 Å². The van der Waals surface area contributed by atoms with Crippen molar-refractivity contribution in [2.24, 2.45) is 0 Å². The lowest BCUT2D eigenvalue weighted by Crippen LogP contribution is -2.32. The van der Waals surface area contributed by atoms with Gasteiger partial charge in [0.25, 0.3) is 0 Å². The number of benzene rings is 2. The van der Waals surface area contributed by atoms with Crippen molar-refractivity contribution >= 4 is 17.3 Å². The van der Waals surface area contributed by atoms with E-state index in [2.05, 4.69) is 30.5 Å². The third-order valence-corrected chi connectivity index (χ3v) is 4.51. The molecule has 0 radical (unpaired) electrons. The molecule has 1 aliphatic rings. The second kappa shape index (κ2) is 7.47. The first-order valence-electron chi connectivity index (χ1n) is 8.64. The maximum atomic E-state index is 12.6. The molecule has 0 fully saturated rings. The molecule has 5 heteroatoms. The van der Waals surface area contributed by atoms with Crippen LogP contribution >= 0.6 is 0 Å². The van der Waals surface area contributed by atoms with Gasteiger partial charge in [0.1, 0.15) is 6.04 Å². The molecule has 0 bridgehead atoms. The number of carbonyl (C=O) groups is 1. The van der Waals surface area contributed by atoms with Crippen LogP contribution in [0.3, 0.4) is 0 Å². The van der Waals surface area contributed by atoms with E-state index in [9.17, 15) is 4.79 Å². The lowest BCUT2D eigenvalue weighted by Gasteiger charge is -2.19. The molecule has 1 amide bonds. The summed E-state index contributed by atoms with van der Waals surface area (Å²) in [5.41, 5.74) is 2.86. The second-order valence-corrected chi connectivity index (χ2v) is 6.32. The van der Waals surface area contributed by atoms with E-state index in [0.29, 0.717) is 11.7 Å². The van der Waals surface area contributed by atoms with Crippen LogP contribution in [-0.4, -0.2) is 18.7 Å². The smallest absolute Gasteiger partial charge is 0.246 e. The summed E-state index contributed by atoms with van der Waals surface area (Å²) >= 11 is 0. The number of fused-ring (bicyclic) bond motifs is 1. The Labute approximate surface area is 148 Å². The van der Waals surface area contributed by atoms with Crippen molar-refractivity contribution in [2.45, 2.75) is 39.2 Å². The minimum atomic E-state index is -0.384. The Morgan fingerprint density at radius 1 is 1.12 bits per heavy atom. The summed E-state index contributed by atoms with van der Waals surface area (Å²) in [6, 6.07) is 13.2. The van der Waals surface area contributed by atoms with Gasteiger partial charge < -0.3 is 20.1 Å². The molecule has 0 saturated heterocycles. The van der Waals surface area contributed by atoms with Crippen molar-refractivity contribution in [1.29, 1.82) is 0 Å². The topological polar surface area (TPSA) is 59.6 Å². The molecule has 132 valence electrons. The Morgan fingerprint density at radius 3 is 2.68 bits per heavy atom. The molecule has 1 heterocycles. The number of carbonyl (C=O) groups excluding carboxylic acids is 1. The van der Waals surface area contributed by atoms with Crippen LogP contribution in [0.25, 0.3) is 0 Å². The summed E-state index contributed by atoms with van der Waals surface area (Å²) in [6.07, 6.45) is 1.03. The van der Waals surface area contributed by atoms with Crippen molar-refractivity contribution in [2.75, 3.05) is 17.4 Å². The average molecular weight is 340 g/mol. The van der Waals surface area contributed by atoms with E-state index >= 15 is 0 Å². The molecule has 25 heavy (non-hydrogen) atoms. The molecule has 0 spiro atoms. The molecule has 5 nitrogen and oxygen atoms in total. The van der Waals surface area contributed by atoms with Gasteiger partial charge in [0.2, 0.25) is 12.7 Å². The number of hydrogen-bond acceptors (Lipinski definition) is 4. The van der Waals surface area contributed by atoms with E-state index < -0.39 is 0 Å². The molecule has 3 rings (SSSR count). The molecule has 2 aromatic rings. The van der Waals surface area contributed by atoms with Gasteiger partial charge >= 0.3 is 0 Å². The fraction of sp³-hybridized carbons (Fsp3) is 0.350. The molecule has 0 aromatic heterocycles. The molecule has 2 N–H and O–H groups in total. The van der Waals surface area contributed by atoms with Gasteiger partial charge in [0, 0.05) is 17.4 Å². The number of para-hydroxylation sites is 1. The third kappa shape index (κ3) is 3.87. The van der Waals surface area contributed by atoms with Gasteiger partial charge in [-0.25, -0.2) is 0 Å². The largest absolute Gasteiger partial charge is 0.454 e. The highest BCUT2D eigenvalue weighted by molar-refractivity contribution is 5.97. The van der Waals surface area contributed by atoms with E-state index in [-0.39, 0.29) is 18.7 Å². The molecule has 0 aliphatic carbocycles. The van der Waals surface area contributed by atoms with Crippen LogP contribution in [-0.2, 0) is 4.79 Å². The molecule has 1 aliphatic heterocycles. The molecule has 0 unspecified atom stereocenters. The van der Waals surface area contributed by atoms with Gasteiger partial charge in [-0.05, 0) is 43.0 Å². The van der Waals surface area contributed by atoms with Gasteiger partial charge in [-0.1, -0.05) is 32.0 Å². The first kappa shape index (κ1) is 17.1. The Bertz CT molecular complexity index is 760. The fourth-order valence-corrected chi connectivity index (χ4v) is 2.80. The summed E-state index contributed by atoms with van der Waals surface area (Å²) in [6.45, 7) is 6.39. The van der Waals surface area contributed by atoms with Crippen LogP contribution in [0.5, 0.6) is 11.5 Å². The maximum absolute atomic E-state index is 12.6. The number of hydrogen-bond donors (Lipinski definition) is 2. The molecule has 2 atom stereocenters. The lowest BCUT2D eigenvalue weighted by atomic mass is 9.97. The number of rotatable bonds is 6. The number of nitrogens with one attached hydrogen (secondary N) is 2. The van der Waals surface area contributed by atoms with Crippen LogP contribution in [0.15, 0.2) is 42.5 Å². The standard InChI is InChI=1S/C20H24N2O3/c1-4-13(2)16-7-5-6-8-17(16)22-20(23)14(3)21-15-9-10-18-19(11-15)25-12-24-18/h5-11,13-14,21H,4,12H2,1-3H3,(H,22,23)/t13-,14-/m1/s1. The average Bonchev–Trinajstić information content (AvgIpc) is 3.09. The van der Waals surface area contributed by atoms with Crippen LogP contribution in [0.1, 0.15) is 38.7 Å². The quantitative estimate of drug-likeness (QED) is 0.820. The van der Waals surface area contributed by atoms with E-state index in [4.69, 9.17) is 9.47 Å². The summed E-state index contributed by atoms with van der Waals surface area (Å²) in [4.78, 5) is 12.6. The zero-order chi connectivity index (χ0) is 17.8. The molecule has 2 aromatic carbocycles. The SMILES string of the molecule is CC[C@@H](C)c1ccccc1NC(=O)[C@@H](C)Nc1ccc2c(c1)OCO2. The zero-order valence-electron chi connectivity index (χ0n) is 14.8. The Kier molecular flexibility index (Phi) is 5.12. The summed E-state index contributed by atoms with van der Waals surface area (Å²) < 4.78 is 10.7. The normalized spacial score (nSPS) is 14.7. The van der Waals surface area contributed by atoms with Crippen LogP contribution < -0.4 is 20.1 Å². The highest BCUT2D eigenvalue weighted by Crippen LogP contribution is 2.34. The number of ether oxygens (including phenoxy) is 2. The number of amides is 1. The van der Waals surface area contributed by atoms with Gasteiger partial charge in [-0.15, -0.1) is 0 Å². The van der Waals surface area contributed by atoms with E-state index in [1.54, 1.807) is 0 Å². The fourth-order valence-electron chi connectivity index (χ4n) is 2.80. The van der Waals surface area contributed by atoms with Crippen molar-refractivity contribution < 1.29 is 14.3 Å². The van der Waals surface area contributed by atoms with Crippen molar-refractivity contribution in [3.8, 4) is 11.5 Å². The molecular formula is C20H24N2O3. The molecular weight excluding hydrogens is 316 g/mol. The second-order valence-electron chi connectivity index (χ2n) is 6.32. The first-order chi connectivity index (χ1) is 12.1. The minimum absolute atomic E-state index is 0.0755. The lowest BCUT2D eigenvalue weighted by molar-refractivity contribution is -0.116. The van der Waals surface area contributed by atoms with Crippen molar-refractivity contribution in [1.82, 2.24) is 0 Å². The van der Waals surface area contributed by atoms with Crippen LogP contribution in [0, 0.1) is 0 Å². The number of anilines is 2. The van der Waals surface area contributed by atoms with Crippen molar-refractivity contribution in [3.63, 3.8) is 0 Å². The minimum Gasteiger partial charge on any atom is -0.454 e. The van der Waals surface area contributed by atoms with E-state index in [1.165, 1.54) is 0 Å². The summed E-state index contributed by atoms with van der Waals surface area (Å²) in [7, 11) is 0. The predicted octanol–water partition coefficient (Wildman–Crippen LogP) is 4.37. The van der Waals surface area contributed by atoms with Gasteiger partial charge in [0.05, 0.1) is 0 Å². The summed E-state index contributed by atoms with van der Waals surface area (Å²) in [5.74, 6) is 1.74. The van der Waals surface area contributed by atoms with Crippen LogP contribution in [0.2, 0.25) is 0 Å². The third-order valence-electron chi connectivity index (χ3n) is 4.51. The van der Waals surface area contributed by atoms with E-state index in [1.807, 2.05) is 43.3 Å². The van der Waals surface area contributed by atoms with Crippen LogP contribution in [0.4, 0.5) is 11.4 Å². The maximum Gasteiger partial charge on any atom is 0.246 e. The Hall–Kier alpha value is -2.69. The van der Waals surface area contributed by atoms with Gasteiger partial charge in [0.15, 0.2) is 11.5 Å². The first-order valence-corrected chi connectivity index (χ1v) is 8.64. The van der Waals surface area contributed by atoms with Crippen molar-refractivity contribution in [3.05, 3.63) is 48.0 Å². The molecule has 0 saturated carbocycles. The highest BCUT2D eigenvalue weighted by atomic mass is 16.7.